The number of carbonyl (C=O) groups is 1. The van der Waals surface area contributed by atoms with E-state index in [4.69, 9.17) is 5.11 Å². The average molecular weight is 196 g/mol. The van der Waals surface area contributed by atoms with Gasteiger partial charge >= 0.3 is 5.97 Å². The third kappa shape index (κ3) is 5.09. The summed E-state index contributed by atoms with van der Waals surface area (Å²) in [6.07, 6.45) is 0.345. The molecule has 0 saturated heterocycles. The fraction of sp³-hybridized carbons (Fsp3) is 0.833. The molecule has 0 aliphatic carbocycles. The number of rotatable bonds is 5. The van der Waals surface area contributed by atoms with Crippen LogP contribution in [0.15, 0.2) is 0 Å². The van der Waals surface area contributed by atoms with E-state index in [-0.39, 0.29) is 6.42 Å². The summed E-state index contributed by atoms with van der Waals surface area (Å²) >= 11 is 0. The van der Waals surface area contributed by atoms with E-state index in [0.29, 0.717) is 6.42 Å². The lowest BCUT2D eigenvalue weighted by atomic mass is 10.2. The number of aliphatic carboxylic acids is 1. The molecule has 72 valence electrons. The summed E-state index contributed by atoms with van der Waals surface area (Å²) in [6.45, 7) is 1.75. The Balaban J connectivity index is 4.24. The van der Waals surface area contributed by atoms with Crippen molar-refractivity contribution in [2.45, 2.75) is 25.9 Å². The molecule has 0 fully saturated rings. The fourth-order valence-electron chi connectivity index (χ4n) is 0.686. The lowest BCUT2D eigenvalue weighted by Crippen LogP contribution is -2.26. The van der Waals surface area contributed by atoms with Gasteiger partial charge in [-0.25, -0.2) is 4.79 Å². The van der Waals surface area contributed by atoms with Gasteiger partial charge < -0.3 is 5.11 Å². The van der Waals surface area contributed by atoms with Crippen LogP contribution in [-0.2, 0) is 19.1 Å². The van der Waals surface area contributed by atoms with E-state index in [1.807, 2.05) is 0 Å². The third-order valence-corrected chi connectivity index (χ3v) is 1.70. The summed E-state index contributed by atoms with van der Waals surface area (Å²) in [6, 6.07) is 0. The largest absolute Gasteiger partial charge is 0.479 e. The predicted octanol–water partition coefficient (Wildman–Crippen LogP) is 0.216. The van der Waals surface area contributed by atoms with Crippen LogP contribution in [0.5, 0.6) is 0 Å². The van der Waals surface area contributed by atoms with Gasteiger partial charge in [0.2, 0.25) is 0 Å². The van der Waals surface area contributed by atoms with Gasteiger partial charge in [-0.15, -0.1) is 0 Å². The lowest BCUT2D eigenvalue weighted by Gasteiger charge is -2.09. The number of carboxylic acids is 1. The SMILES string of the molecule is CCC[C@H](OS(C)(=O)=O)C(=O)O. The topological polar surface area (TPSA) is 80.7 Å². The van der Waals surface area contributed by atoms with Gasteiger partial charge in [0.15, 0.2) is 6.10 Å². The lowest BCUT2D eigenvalue weighted by molar-refractivity contribution is -0.145. The number of hydrogen-bond acceptors (Lipinski definition) is 4. The molecule has 1 atom stereocenters. The van der Waals surface area contributed by atoms with Crippen LogP contribution in [0.3, 0.4) is 0 Å². The molecule has 0 unspecified atom stereocenters. The summed E-state index contributed by atoms with van der Waals surface area (Å²) in [5, 5.41) is 8.48. The number of carboxylic acid groups (broad SMARTS) is 1. The minimum absolute atomic E-state index is 0.197. The fourth-order valence-corrected chi connectivity index (χ4v) is 1.29. The molecule has 0 spiro atoms. The normalized spacial score (nSPS) is 14.2. The van der Waals surface area contributed by atoms with Crippen LogP contribution in [-0.4, -0.2) is 31.9 Å². The first-order valence-electron chi connectivity index (χ1n) is 3.48. The highest BCUT2D eigenvalue weighted by Gasteiger charge is 2.21. The molecule has 12 heavy (non-hydrogen) atoms. The Bertz CT molecular complexity index is 243. The van der Waals surface area contributed by atoms with Gasteiger partial charge in [0.1, 0.15) is 0 Å². The molecular formula is C6H12O5S. The molecule has 0 aliphatic rings. The Kier molecular flexibility index (Phi) is 4.19. The van der Waals surface area contributed by atoms with Crippen LogP contribution >= 0.6 is 0 Å². The van der Waals surface area contributed by atoms with Crippen molar-refractivity contribution in [3.8, 4) is 0 Å². The van der Waals surface area contributed by atoms with E-state index in [1.54, 1.807) is 6.92 Å². The summed E-state index contributed by atoms with van der Waals surface area (Å²) in [7, 11) is -3.67. The maximum atomic E-state index is 10.5. The highest BCUT2D eigenvalue weighted by molar-refractivity contribution is 7.86. The molecule has 0 aromatic rings. The molecule has 0 aromatic heterocycles. The van der Waals surface area contributed by atoms with Crippen LogP contribution in [0.2, 0.25) is 0 Å². The maximum Gasteiger partial charge on any atom is 0.334 e. The smallest absolute Gasteiger partial charge is 0.334 e. The van der Waals surface area contributed by atoms with Gasteiger partial charge in [-0.2, -0.15) is 8.42 Å². The summed E-state index contributed by atoms with van der Waals surface area (Å²) < 4.78 is 25.4. The Labute approximate surface area is 71.5 Å². The second-order valence-electron chi connectivity index (χ2n) is 2.42. The second kappa shape index (κ2) is 4.42. The van der Waals surface area contributed by atoms with Crippen LogP contribution in [0.25, 0.3) is 0 Å². The van der Waals surface area contributed by atoms with Gasteiger partial charge in [-0.05, 0) is 6.42 Å². The zero-order chi connectivity index (χ0) is 9.78. The van der Waals surface area contributed by atoms with E-state index in [0.717, 1.165) is 6.26 Å². The van der Waals surface area contributed by atoms with Gasteiger partial charge in [-0.1, -0.05) is 13.3 Å². The first kappa shape index (κ1) is 11.4. The molecule has 0 heterocycles. The Hall–Kier alpha value is -0.620. The van der Waals surface area contributed by atoms with Crippen LogP contribution in [0.4, 0.5) is 0 Å². The molecule has 0 rings (SSSR count). The van der Waals surface area contributed by atoms with Crippen molar-refractivity contribution in [1.29, 1.82) is 0 Å². The van der Waals surface area contributed by atoms with Crippen LogP contribution < -0.4 is 0 Å². The zero-order valence-corrected chi connectivity index (χ0v) is 7.80. The molecule has 6 heteroatoms. The number of hydrogen-bond donors (Lipinski definition) is 1. The van der Waals surface area contributed by atoms with Crippen molar-refractivity contribution in [3.63, 3.8) is 0 Å². The summed E-state index contributed by atoms with van der Waals surface area (Å²) in [4.78, 5) is 10.4. The van der Waals surface area contributed by atoms with E-state index in [2.05, 4.69) is 4.18 Å². The monoisotopic (exact) mass is 196 g/mol. The van der Waals surface area contributed by atoms with E-state index in [9.17, 15) is 13.2 Å². The van der Waals surface area contributed by atoms with E-state index in [1.165, 1.54) is 0 Å². The van der Waals surface area contributed by atoms with Crippen molar-refractivity contribution in [3.05, 3.63) is 0 Å². The second-order valence-corrected chi connectivity index (χ2v) is 4.02. The van der Waals surface area contributed by atoms with Crippen LogP contribution in [0.1, 0.15) is 19.8 Å². The minimum Gasteiger partial charge on any atom is -0.479 e. The Morgan fingerprint density at radius 1 is 1.58 bits per heavy atom. The third-order valence-electron chi connectivity index (χ3n) is 1.12. The van der Waals surface area contributed by atoms with Crippen molar-refractivity contribution in [2.75, 3.05) is 6.26 Å². The van der Waals surface area contributed by atoms with Gasteiger partial charge in [0, 0.05) is 0 Å². The van der Waals surface area contributed by atoms with Gasteiger partial charge in [0.05, 0.1) is 6.26 Å². The summed E-state index contributed by atoms with van der Waals surface area (Å²) in [5.74, 6) is -1.25. The molecule has 0 saturated carbocycles. The predicted molar refractivity (Wildman–Crippen MR) is 42.3 cm³/mol. The quantitative estimate of drug-likeness (QED) is 0.636. The molecule has 0 amide bonds. The molecule has 0 radical (unpaired) electrons. The van der Waals surface area contributed by atoms with Crippen LogP contribution in [0, 0.1) is 0 Å². The van der Waals surface area contributed by atoms with Crippen molar-refractivity contribution < 1.29 is 22.5 Å². The van der Waals surface area contributed by atoms with E-state index >= 15 is 0 Å². The molecule has 0 aromatic carbocycles. The van der Waals surface area contributed by atoms with E-state index < -0.39 is 22.2 Å². The molecule has 1 N–H and O–H groups in total. The van der Waals surface area contributed by atoms with Crippen molar-refractivity contribution in [2.24, 2.45) is 0 Å². The standard InChI is InChI=1S/C6H12O5S/c1-3-4-5(6(7)8)11-12(2,9)10/h5H,3-4H2,1-2H3,(H,7,8)/t5-/m0/s1. The molecular weight excluding hydrogens is 184 g/mol. The zero-order valence-electron chi connectivity index (χ0n) is 6.98. The first-order chi connectivity index (χ1) is 5.37. The highest BCUT2D eigenvalue weighted by Crippen LogP contribution is 2.05. The summed E-state index contributed by atoms with van der Waals surface area (Å²) in [5.41, 5.74) is 0. The Morgan fingerprint density at radius 2 is 2.08 bits per heavy atom. The van der Waals surface area contributed by atoms with Crippen molar-refractivity contribution in [1.82, 2.24) is 0 Å². The molecule has 5 nitrogen and oxygen atoms in total. The maximum absolute atomic E-state index is 10.5. The Morgan fingerprint density at radius 3 is 2.33 bits per heavy atom. The first-order valence-corrected chi connectivity index (χ1v) is 5.29. The molecule has 0 bridgehead atoms. The van der Waals surface area contributed by atoms with Crippen molar-refractivity contribution >= 4 is 16.1 Å². The van der Waals surface area contributed by atoms with Gasteiger partial charge in [0.25, 0.3) is 10.1 Å². The molecule has 0 aliphatic heterocycles. The highest BCUT2D eigenvalue weighted by atomic mass is 32.2. The van der Waals surface area contributed by atoms with Gasteiger partial charge in [-0.3, -0.25) is 4.18 Å². The minimum atomic E-state index is -3.67. The average Bonchev–Trinajstić information content (AvgIpc) is 1.83.